The average Bonchev–Trinajstić information content (AvgIpc) is 2.49. The Bertz CT molecular complexity index is 589. The van der Waals surface area contributed by atoms with Crippen LogP contribution in [0.1, 0.15) is 44.8 Å². The van der Waals surface area contributed by atoms with Gasteiger partial charge in [0, 0.05) is 17.1 Å². The van der Waals surface area contributed by atoms with Crippen LogP contribution >= 0.6 is 0 Å². The van der Waals surface area contributed by atoms with Crippen molar-refractivity contribution in [2.24, 2.45) is 17.8 Å². The molecule has 0 spiro atoms. The Labute approximate surface area is 120 Å². The lowest BCUT2D eigenvalue weighted by Crippen LogP contribution is -2.25. The van der Waals surface area contributed by atoms with Gasteiger partial charge >= 0.3 is 0 Å². The summed E-state index contributed by atoms with van der Waals surface area (Å²) in [5.41, 5.74) is 1.95. The van der Waals surface area contributed by atoms with E-state index in [0.29, 0.717) is 11.8 Å². The van der Waals surface area contributed by atoms with Crippen LogP contribution in [0.4, 0.5) is 0 Å². The summed E-state index contributed by atoms with van der Waals surface area (Å²) >= 11 is 0. The number of aliphatic hydroxyl groups excluding tert-OH is 1. The second-order valence-corrected chi connectivity index (χ2v) is 6.39. The highest BCUT2D eigenvalue weighted by Gasteiger charge is 2.30. The lowest BCUT2D eigenvalue weighted by molar-refractivity contribution is 0.0570. The Morgan fingerprint density at radius 3 is 2.70 bits per heavy atom. The van der Waals surface area contributed by atoms with Gasteiger partial charge in [-0.25, -0.2) is 0 Å². The van der Waals surface area contributed by atoms with E-state index < -0.39 is 0 Å². The SMILES string of the molecule is CC1CCC(C(O)c2cccc3cccnc23)CC1C. The van der Waals surface area contributed by atoms with Gasteiger partial charge in [-0.15, -0.1) is 0 Å². The van der Waals surface area contributed by atoms with Crippen LogP contribution in [0.15, 0.2) is 36.5 Å². The third-order valence-electron chi connectivity index (χ3n) is 5.07. The Hall–Kier alpha value is -1.41. The van der Waals surface area contributed by atoms with Crippen LogP contribution in [0.2, 0.25) is 0 Å². The van der Waals surface area contributed by atoms with Crippen LogP contribution in [0.5, 0.6) is 0 Å². The maximum Gasteiger partial charge on any atom is 0.0839 e. The number of para-hydroxylation sites is 1. The Balaban J connectivity index is 1.91. The van der Waals surface area contributed by atoms with Gasteiger partial charge in [0.1, 0.15) is 0 Å². The first-order valence-corrected chi connectivity index (χ1v) is 7.68. The number of nitrogens with zero attached hydrogens (tertiary/aromatic N) is 1. The van der Waals surface area contributed by atoms with Gasteiger partial charge in [0.25, 0.3) is 0 Å². The largest absolute Gasteiger partial charge is 0.388 e. The maximum atomic E-state index is 10.8. The van der Waals surface area contributed by atoms with E-state index >= 15 is 0 Å². The summed E-state index contributed by atoms with van der Waals surface area (Å²) in [6.45, 7) is 4.64. The van der Waals surface area contributed by atoms with E-state index in [2.05, 4.69) is 31.0 Å². The highest BCUT2D eigenvalue weighted by Crippen LogP contribution is 2.40. The van der Waals surface area contributed by atoms with E-state index in [0.717, 1.165) is 35.2 Å². The van der Waals surface area contributed by atoms with Gasteiger partial charge in [0.15, 0.2) is 0 Å². The molecule has 0 bridgehead atoms. The predicted octanol–water partition coefficient (Wildman–Crippen LogP) is 4.34. The van der Waals surface area contributed by atoms with E-state index in [9.17, 15) is 5.11 Å². The third kappa shape index (κ3) is 2.45. The van der Waals surface area contributed by atoms with Gasteiger partial charge in [0.05, 0.1) is 11.6 Å². The van der Waals surface area contributed by atoms with Crippen LogP contribution in [0.3, 0.4) is 0 Å². The molecule has 0 radical (unpaired) electrons. The van der Waals surface area contributed by atoms with E-state index in [1.54, 1.807) is 0 Å². The zero-order chi connectivity index (χ0) is 14.1. The second kappa shape index (κ2) is 5.53. The molecular weight excluding hydrogens is 246 g/mol. The molecule has 1 saturated carbocycles. The summed E-state index contributed by atoms with van der Waals surface area (Å²) < 4.78 is 0. The number of aromatic nitrogens is 1. The van der Waals surface area contributed by atoms with Crippen molar-refractivity contribution in [2.45, 2.75) is 39.2 Å². The molecule has 0 saturated heterocycles. The lowest BCUT2D eigenvalue weighted by Gasteiger charge is -2.35. The molecule has 1 heterocycles. The second-order valence-electron chi connectivity index (χ2n) is 6.39. The molecular formula is C18H23NO. The van der Waals surface area contributed by atoms with E-state index in [4.69, 9.17) is 0 Å². The Kier molecular flexibility index (Phi) is 3.75. The summed E-state index contributed by atoms with van der Waals surface area (Å²) in [6, 6.07) is 10.1. The summed E-state index contributed by atoms with van der Waals surface area (Å²) in [7, 11) is 0. The first-order chi connectivity index (χ1) is 9.66. The number of benzene rings is 1. The average molecular weight is 269 g/mol. The van der Waals surface area contributed by atoms with Gasteiger partial charge in [-0.3, -0.25) is 4.98 Å². The predicted molar refractivity (Wildman–Crippen MR) is 82.4 cm³/mol. The number of pyridine rings is 1. The topological polar surface area (TPSA) is 33.1 Å². The molecule has 0 aliphatic heterocycles. The van der Waals surface area contributed by atoms with E-state index in [-0.39, 0.29) is 6.10 Å². The molecule has 20 heavy (non-hydrogen) atoms. The fraction of sp³-hybridized carbons (Fsp3) is 0.500. The fourth-order valence-electron chi connectivity index (χ4n) is 3.50. The molecule has 4 unspecified atom stereocenters. The van der Waals surface area contributed by atoms with Gasteiger partial charge in [-0.05, 0) is 36.7 Å². The number of fused-ring (bicyclic) bond motifs is 1. The lowest BCUT2D eigenvalue weighted by atomic mass is 9.73. The molecule has 1 aromatic heterocycles. The van der Waals surface area contributed by atoms with Crippen LogP contribution < -0.4 is 0 Å². The third-order valence-corrected chi connectivity index (χ3v) is 5.07. The van der Waals surface area contributed by atoms with Crippen molar-refractivity contribution in [3.8, 4) is 0 Å². The van der Waals surface area contributed by atoms with Crippen LogP contribution in [-0.2, 0) is 0 Å². The van der Waals surface area contributed by atoms with Gasteiger partial charge < -0.3 is 5.11 Å². The van der Waals surface area contributed by atoms with Crippen LogP contribution in [-0.4, -0.2) is 10.1 Å². The molecule has 1 N–H and O–H groups in total. The molecule has 3 rings (SSSR count). The monoisotopic (exact) mass is 269 g/mol. The molecule has 2 heteroatoms. The van der Waals surface area contributed by atoms with Crippen molar-refractivity contribution in [2.75, 3.05) is 0 Å². The first kappa shape index (κ1) is 13.6. The van der Waals surface area contributed by atoms with Gasteiger partial charge in [-0.2, -0.15) is 0 Å². The Morgan fingerprint density at radius 1 is 1.10 bits per heavy atom. The molecule has 4 atom stereocenters. The van der Waals surface area contributed by atoms with Crippen molar-refractivity contribution in [1.82, 2.24) is 4.98 Å². The maximum absolute atomic E-state index is 10.8. The summed E-state index contributed by atoms with van der Waals surface area (Å²) in [4.78, 5) is 4.47. The molecule has 1 aromatic carbocycles. The molecule has 1 aliphatic carbocycles. The highest BCUT2D eigenvalue weighted by atomic mass is 16.3. The molecule has 0 amide bonds. The fourth-order valence-corrected chi connectivity index (χ4v) is 3.50. The van der Waals surface area contributed by atoms with E-state index in [1.807, 2.05) is 24.4 Å². The van der Waals surface area contributed by atoms with Crippen molar-refractivity contribution in [3.63, 3.8) is 0 Å². The van der Waals surface area contributed by atoms with Gasteiger partial charge in [-0.1, -0.05) is 44.5 Å². The minimum Gasteiger partial charge on any atom is -0.388 e. The van der Waals surface area contributed by atoms with Crippen molar-refractivity contribution in [3.05, 3.63) is 42.1 Å². The van der Waals surface area contributed by atoms with Gasteiger partial charge in [0.2, 0.25) is 0 Å². The van der Waals surface area contributed by atoms with Crippen LogP contribution in [0, 0.1) is 17.8 Å². The summed E-state index contributed by atoms with van der Waals surface area (Å²) in [5, 5.41) is 11.9. The van der Waals surface area contributed by atoms with Crippen molar-refractivity contribution in [1.29, 1.82) is 0 Å². The smallest absolute Gasteiger partial charge is 0.0839 e. The number of hydrogen-bond acceptors (Lipinski definition) is 2. The summed E-state index contributed by atoms with van der Waals surface area (Å²) in [5.74, 6) is 1.85. The minimum absolute atomic E-state index is 0.369. The minimum atomic E-state index is -0.386. The highest BCUT2D eigenvalue weighted by molar-refractivity contribution is 5.81. The Morgan fingerprint density at radius 2 is 1.90 bits per heavy atom. The normalized spacial score (nSPS) is 28.4. The molecule has 2 aromatic rings. The molecule has 106 valence electrons. The van der Waals surface area contributed by atoms with Crippen molar-refractivity contribution >= 4 is 10.9 Å². The van der Waals surface area contributed by atoms with E-state index in [1.165, 1.54) is 6.42 Å². The number of hydrogen-bond donors (Lipinski definition) is 1. The molecule has 1 aliphatic rings. The summed E-state index contributed by atoms with van der Waals surface area (Å²) in [6.07, 6.45) is 4.88. The van der Waals surface area contributed by atoms with Crippen molar-refractivity contribution < 1.29 is 5.11 Å². The first-order valence-electron chi connectivity index (χ1n) is 7.68. The molecule has 1 fully saturated rings. The van der Waals surface area contributed by atoms with Crippen LogP contribution in [0.25, 0.3) is 10.9 Å². The number of rotatable bonds is 2. The standard InChI is InChI=1S/C18H23NO/c1-12-8-9-15(11-13(12)2)18(20)16-7-3-5-14-6-4-10-19-17(14)16/h3-7,10,12-13,15,18,20H,8-9,11H2,1-2H3. The quantitative estimate of drug-likeness (QED) is 0.879. The number of aliphatic hydroxyl groups is 1. The zero-order valence-electron chi connectivity index (χ0n) is 12.3. The zero-order valence-corrected chi connectivity index (χ0v) is 12.3. The molecule has 2 nitrogen and oxygen atoms in total.